The van der Waals surface area contributed by atoms with Crippen LogP contribution in [0, 0.1) is 5.82 Å². The minimum absolute atomic E-state index is 0.00231. The molecule has 4 nitrogen and oxygen atoms in total. The number of hydrogen-bond donors (Lipinski definition) is 2. The number of aromatic hydroxyl groups is 1. The van der Waals surface area contributed by atoms with Crippen LogP contribution in [0.2, 0.25) is 0 Å². The minimum Gasteiger partial charge on any atom is -0.494 e. The number of H-pyrrole nitrogens is 1. The smallest absolute Gasteiger partial charge is 0.198 e. The highest BCUT2D eigenvalue weighted by Gasteiger charge is 2.10. The lowest BCUT2D eigenvalue weighted by Crippen LogP contribution is -2.31. The van der Waals surface area contributed by atoms with Gasteiger partial charge in [-0.2, -0.15) is 0 Å². The molecule has 2 N–H and O–H groups in total. The van der Waals surface area contributed by atoms with Crippen molar-refractivity contribution in [2.24, 2.45) is 4.99 Å². The number of aromatic amines is 1. The fourth-order valence-electron chi connectivity index (χ4n) is 3.66. The molecule has 27 heavy (non-hydrogen) atoms. The van der Waals surface area contributed by atoms with Gasteiger partial charge in [-0.1, -0.05) is 18.6 Å². The molecular weight excluding hydrogens is 341 g/mol. The third-order valence-electron chi connectivity index (χ3n) is 5.22. The molecule has 1 aromatic heterocycles. The van der Waals surface area contributed by atoms with Crippen LogP contribution in [0.1, 0.15) is 30.4 Å². The number of aromatic nitrogens is 1. The van der Waals surface area contributed by atoms with Gasteiger partial charge in [-0.25, -0.2) is 4.39 Å². The van der Waals surface area contributed by atoms with E-state index in [1.165, 1.54) is 50.0 Å². The highest BCUT2D eigenvalue weighted by Crippen LogP contribution is 2.27. The number of fused-ring (bicyclic) bond motifs is 1. The number of nitrogens with one attached hydrogen (secondary N) is 1. The van der Waals surface area contributed by atoms with Gasteiger partial charge in [0.15, 0.2) is 5.88 Å². The zero-order chi connectivity index (χ0) is 18.6. The maximum Gasteiger partial charge on any atom is 0.198 e. The molecule has 2 heterocycles. The first kappa shape index (κ1) is 17.7. The topological polar surface area (TPSA) is 51.6 Å². The summed E-state index contributed by atoms with van der Waals surface area (Å²) in [6, 6.07) is 12.5. The number of nitrogens with zero attached hydrogens (tertiary/aromatic N) is 2. The van der Waals surface area contributed by atoms with Gasteiger partial charge in [0.2, 0.25) is 0 Å². The Morgan fingerprint density at radius 3 is 2.63 bits per heavy atom. The van der Waals surface area contributed by atoms with Gasteiger partial charge in [-0.3, -0.25) is 4.99 Å². The lowest BCUT2D eigenvalue weighted by atomic mass is 10.1. The second-order valence-corrected chi connectivity index (χ2v) is 7.15. The molecule has 0 radical (unpaired) electrons. The third-order valence-corrected chi connectivity index (χ3v) is 5.22. The Balaban J connectivity index is 1.44. The molecule has 1 aliphatic rings. The van der Waals surface area contributed by atoms with Gasteiger partial charge in [0.05, 0.1) is 11.3 Å². The van der Waals surface area contributed by atoms with Crippen LogP contribution in [0.15, 0.2) is 47.5 Å². The Kier molecular flexibility index (Phi) is 5.21. The average Bonchev–Trinajstić information content (AvgIpc) is 3.01. The highest BCUT2D eigenvalue weighted by molar-refractivity contribution is 6.02. The first-order chi connectivity index (χ1) is 13.2. The lowest BCUT2D eigenvalue weighted by Gasteiger charge is -2.26. The van der Waals surface area contributed by atoms with Crippen molar-refractivity contribution in [3.8, 4) is 5.88 Å². The molecule has 0 saturated carbocycles. The van der Waals surface area contributed by atoms with Crippen LogP contribution >= 0.6 is 0 Å². The molecule has 0 unspecified atom stereocenters. The van der Waals surface area contributed by atoms with Crippen LogP contribution in [0.25, 0.3) is 10.9 Å². The monoisotopic (exact) mass is 365 g/mol. The molecule has 0 amide bonds. The SMILES string of the molecule is Oc1[nH]c2ccc(F)cc2c1C=Nc1ccc(CCN2CCCCC2)cc1. The number of piperidine rings is 1. The first-order valence-electron chi connectivity index (χ1n) is 9.54. The molecule has 1 aliphatic heterocycles. The Morgan fingerprint density at radius 1 is 1.07 bits per heavy atom. The van der Waals surface area contributed by atoms with Gasteiger partial charge in [0.25, 0.3) is 0 Å². The standard InChI is InChI=1S/C22H24FN3O/c23-17-6-9-21-19(14-17)20(22(27)25-21)15-24-18-7-4-16(5-8-18)10-13-26-11-2-1-3-12-26/h4-9,14-15,25,27H,1-3,10-13H2. The summed E-state index contributed by atoms with van der Waals surface area (Å²) in [4.78, 5) is 9.82. The average molecular weight is 365 g/mol. The van der Waals surface area contributed by atoms with E-state index in [2.05, 4.69) is 27.0 Å². The molecule has 0 atom stereocenters. The Hall–Kier alpha value is -2.66. The summed E-state index contributed by atoms with van der Waals surface area (Å²) in [5, 5.41) is 10.7. The molecule has 2 aromatic carbocycles. The van der Waals surface area contributed by atoms with Crippen LogP contribution in [0.4, 0.5) is 10.1 Å². The molecular formula is C22H24FN3O. The summed E-state index contributed by atoms with van der Waals surface area (Å²) in [7, 11) is 0. The van der Waals surface area contributed by atoms with Crippen LogP contribution in [0.5, 0.6) is 5.88 Å². The summed E-state index contributed by atoms with van der Waals surface area (Å²) in [5.74, 6) is -0.341. The van der Waals surface area contributed by atoms with E-state index in [0.29, 0.717) is 16.5 Å². The van der Waals surface area contributed by atoms with Crippen molar-refractivity contribution < 1.29 is 9.50 Å². The number of benzene rings is 2. The van der Waals surface area contributed by atoms with E-state index in [1.54, 1.807) is 12.3 Å². The summed E-state index contributed by atoms with van der Waals surface area (Å²) in [5.41, 5.74) is 3.29. The van der Waals surface area contributed by atoms with Gasteiger partial charge in [0.1, 0.15) is 5.82 Å². The van der Waals surface area contributed by atoms with Crippen LogP contribution in [-0.4, -0.2) is 40.8 Å². The van der Waals surface area contributed by atoms with E-state index < -0.39 is 0 Å². The van der Waals surface area contributed by atoms with E-state index in [-0.39, 0.29) is 11.7 Å². The number of aliphatic imine (C=N–C) groups is 1. The first-order valence-corrected chi connectivity index (χ1v) is 9.54. The predicted molar refractivity (Wildman–Crippen MR) is 108 cm³/mol. The van der Waals surface area contributed by atoms with Crippen molar-refractivity contribution in [1.29, 1.82) is 0 Å². The van der Waals surface area contributed by atoms with E-state index in [1.807, 2.05) is 12.1 Å². The number of likely N-dealkylation sites (tertiary alicyclic amines) is 1. The summed E-state index contributed by atoms with van der Waals surface area (Å²) < 4.78 is 13.5. The molecule has 140 valence electrons. The Bertz CT molecular complexity index is 940. The van der Waals surface area contributed by atoms with Crippen LogP contribution < -0.4 is 0 Å². The molecule has 0 spiro atoms. The van der Waals surface area contributed by atoms with Gasteiger partial charge < -0.3 is 15.0 Å². The molecule has 1 saturated heterocycles. The van der Waals surface area contributed by atoms with Gasteiger partial charge in [-0.05, 0) is 68.2 Å². The molecule has 0 aliphatic carbocycles. The molecule has 3 aromatic rings. The quantitative estimate of drug-likeness (QED) is 0.639. The van der Waals surface area contributed by atoms with Crippen molar-refractivity contribution in [3.05, 3.63) is 59.4 Å². The second-order valence-electron chi connectivity index (χ2n) is 7.15. The number of halogens is 1. The number of rotatable bonds is 5. The van der Waals surface area contributed by atoms with E-state index in [0.717, 1.165) is 18.7 Å². The lowest BCUT2D eigenvalue weighted by molar-refractivity contribution is 0.231. The fourth-order valence-corrected chi connectivity index (χ4v) is 3.66. The Morgan fingerprint density at radius 2 is 1.85 bits per heavy atom. The van der Waals surface area contributed by atoms with Crippen molar-refractivity contribution >= 4 is 22.8 Å². The minimum atomic E-state index is -0.339. The molecule has 5 heteroatoms. The normalized spacial score (nSPS) is 15.7. The molecule has 0 bridgehead atoms. The van der Waals surface area contributed by atoms with E-state index in [4.69, 9.17) is 0 Å². The molecule has 1 fully saturated rings. The van der Waals surface area contributed by atoms with Crippen LogP contribution in [-0.2, 0) is 6.42 Å². The van der Waals surface area contributed by atoms with Gasteiger partial charge >= 0.3 is 0 Å². The van der Waals surface area contributed by atoms with Gasteiger partial charge in [0, 0.05) is 23.7 Å². The highest BCUT2D eigenvalue weighted by atomic mass is 19.1. The largest absolute Gasteiger partial charge is 0.494 e. The maximum atomic E-state index is 13.5. The second kappa shape index (κ2) is 7.92. The zero-order valence-corrected chi connectivity index (χ0v) is 15.3. The van der Waals surface area contributed by atoms with Crippen molar-refractivity contribution in [1.82, 2.24) is 9.88 Å². The zero-order valence-electron chi connectivity index (χ0n) is 15.3. The van der Waals surface area contributed by atoms with Crippen molar-refractivity contribution in [3.63, 3.8) is 0 Å². The summed E-state index contributed by atoms with van der Waals surface area (Å²) in [6.07, 6.45) is 6.63. The van der Waals surface area contributed by atoms with Gasteiger partial charge in [-0.15, -0.1) is 0 Å². The summed E-state index contributed by atoms with van der Waals surface area (Å²) in [6.45, 7) is 3.55. The van der Waals surface area contributed by atoms with E-state index >= 15 is 0 Å². The number of hydrogen-bond acceptors (Lipinski definition) is 3. The Labute approximate surface area is 158 Å². The van der Waals surface area contributed by atoms with Crippen molar-refractivity contribution in [2.75, 3.05) is 19.6 Å². The summed E-state index contributed by atoms with van der Waals surface area (Å²) >= 11 is 0. The van der Waals surface area contributed by atoms with Crippen molar-refractivity contribution in [2.45, 2.75) is 25.7 Å². The fraction of sp³-hybridized carbons (Fsp3) is 0.318. The van der Waals surface area contributed by atoms with Crippen LogP contribution in [0.3, 0.4) is 0 Å². The predicted octanol–water partition coefficient (Wildman–Crippen LogP) is 4.79. The maximum absolute atomic E-state index is 13.5. The molecule has 4 rings (SSSR count). The van der Waals surface area contributed by atoms with E-state index in [9.17, 15) is 9.50 Å². The third kappa shape index (κ3) is 4.19.